The van der Waals surface area contributed by atoms with Crippen LogP contribution in [0.3, 0.4) is 0 Å². The molecule has 0 saturated heterocycles. The summed E-state index contributed by atoms with van der Waals surface area (Å²) in [6.07, 6.45) is 10.5. The number of oxime groups is 1. The van der Waals surface area contributed by atoms with Crippen molar-refractivity contribution in [3.05, 3.63) is 0 Å². The van der Waals surface area contributed by atoms with Gasteiger partial charge < -0.3 is 9.74 Å². The molecule has 0 aliphatic heterocycles. The number of ketones is 1. The van der Waals surface area contributed by atoms with Crippen LogP contribution in [0.4, 0.5) is 0 Å². The fourth-order valence-electron chi connectivity index (χ4n) is 7.27. The largest absolute Gasteiger partial charge is 0.394 e. The van der Waals surface area contributed by atoms with Gasteiger partial charge in [-0.25, -0.2) is 0 Å². The Kier molecular flexibility index (Phi) is 5.15. The summed E-state index contributed by atoms with van der Waals surface area (Å²) in [5.41, 5.74) is 1.73. The zero-order valence-corrected chi connectivity index (χ0v) is 17.8. The third kappa shape index (κ3) is 3.26. The standard InChI is InChI=1S/C23H38N2O2/c1-22-11-9-17(24-27-14-13-25(3)4)15-16(22)5-6-18-19-7-8-21(26)23(19,2)12-10-20(18)22/h16,18-20H,5-15H2,1-4H3/t16?,18?,19?,20?,22-,23-/m0/s1. The Hall–Kier alpha value is -0.900. The Morgan fingerprint density at radius 2 is 1.89 bits per heavy atom. The molecule has 4 aliphatic rings. The zero-order chi connectivity index (χ0) is 19.2. The average Bonchev–Trinajstić information content (AvgIpc) is 2.94. The molecule has 0 aromatic rings. The van der Waals surface area contributed by atoms with Crippen molar-refractivity contribution in [3.8, 4) is 0 Å². The van der Waals surface area contributed by atoms with E-state index >= 15 is 0 Å². The van der Waals surface area contributed by atoms with Crippen LogP contribution in [0.1, 0.15) is 71.6 Å². The summed E-state index contributed by atoms with van der Waals surface area (Å²) in [5.74, 6) is 3.57. The smallest absolute Gasteiger partial charge is 0.139 e. The van der Waals surface area contributed by atoms with E-state index in [-0.39, 0.29) is 5.41 Å². The lowest BCUT2D eigenvalue weighted by Gasteiger charge is -2.59. The van der Waals surface area contributed by atoms with E-state index in [4.69, 9.17) is 4.84 Å². The summed E-state index contributed by atoms with van der Waals surface area (Å²) in [7, 11) is 4.13. The molecule has 0 aromatic heterocycles. The average molecular weight is 375 g/mol. The van der Waals surface area contributed by atoms with E-state index in [1.807, 2.05) is 0 Å². The number of nitrogens with zero attached hydrogens (tertiary/aromatic N) is 2. The molecule has 6 atom stereocenters. The molecule has 0 radical (unpaired) electrons. The van der Waals surface area contributed by atoms with Crippen molar-refractivity contribution in [3.63, 3.8) is 0 Å². The van der Waals surface area contributed by atoms with Crippen LogP contribution < -0.4 is 0 Å². The first-order chi connectivity index (χ1) is 12.8. The third-order valence-electron chi connectivity index (χ3n) is 9.03. The molecule has 0 N–H and O–H groups in total. The molecule has 0 bridgehead atoms. The Morgan fingerprint density at radius 3 is 2.67 bits per heavy atom. The number of rotatable bonds is 4. The van der Waals surface area contributed by atoms with Gasteiger partial charge in [0.2, 0.25) is 0 Å². The van der Waals surface area contributed by atoms with Gasteiger partial charge in [-0.1, -0.05) is 19.0 Å². The Balaban J connectivity index is 1.43. The summed E-state index contributed by atoms with van der Waals surface area (Å²) in [6, 6.07) is 0. The Labute approximate surface area is 165 Å². The molecule has 4 nitrogen and oxygen atoms in total. The minimum Gasteiger partial charge on any atom is -0.394 e. The predicted octanol–water partition coefficient (Wildman–Crippen LogP) is 4.53. The van der Waals surface area contributed by atoms with Gasteiger partial charge >= 0.3 is 0 Å². The SMILES string of the molecule is CN(C)CCON=C1CC[C@@]2(C)C(CCC3C2CC[C@]2(C)C(=O)CCC32)C1. The van der Waals surface area contributed by atoms with Crippen molar-refractivity contribution in [2.24, 2.45) is 39.7 Å². The van der Waals surface area contributed by atoms with Gasteiger partial charge in [-0.15, -0.1) is 0 Å². The van der Waals surface area contributed by atoms with E-state index in [1.165, 1.54) is 31.4 Å². The molecule has 0 heterocycles. The highest BCUT2D eigenvalue weighted by atomic mass is 16.6. The second-order valence-electron chi connectivity index (χ2n) is 10.6. The van der Waals surface area contributed by atoms with Gasteiger partial charge in [-0.2, -0.15) is 0 Å². The quantitative estimate of drug-likeness (QED) is 0.536. The normalized spacial score (nSPS) is 45.5. The summed E-state index contributed by atoms with van der Waals surface area (Å²) < 4.78 is 0. The highest BCUT2D eigenvalue weighted by Crippen LogP contribution is 2.65. The van der Waals surface area contributed by atoms with Gasteiger partial charge in [0.05, 0.1) is 5.71 Å². The van der Waals surface area contributed by atoms with Crippen molar-refractivity contribution in [1.29, 1.82) is 0 Å². The van der Waals surface area contributed by atoms with Crippen molar-refractivity contribution >= 4 is 11.5 Å². The molecule has 4 heteroatoms. The first-order valence-electron chi connectivity index (χ1n) is 11.2. The van der Waals surface area contributed by atoms with Crippen LogP contribution in [0.25, 0.3) is 0 Å². The lowest BCUT2D eigenvalue weighted by atomic mass is 9.45. The predicted molar refractivity (Wildman–Crippen MR) is 109 cm³/mol. The van der Waals surface area contributed by atoms with E-state index in [1.54, 1.807) is 0 Å². The second kappa shape index (κ2) is 7.17. The van der Waals surface area contributed by atoms with Crippen molar-refractivity contribution < 1.29 is 9.63 Å². The number of Topliss-reactive ketones (excluding diaryl/α,β-unsaturated/α-hetero) is 1. The van der Waals surface area contributed by atoms with E-state index in [9.17, 15) is 4.79 Å². The number of carbonyl (C=O) groups excluding carboxylic acids is 1. The maximum Gasteiger partial charge on any atom is 0.139 e. The number of hydrogen-bond donors (Lipinski definition) is 0. The van der Waals surface area contributed by atoms with Gasteiger partial charge in [-0.05, 0) is 94.5 Å². The van der Waals surface area contributed by atoms with Gasteiger partial charge in [0.1, 0.15) is 12.4 Å². The van der Waals surface area contributed by atoms with E-state index in [2.05, 4.69) is 38.0 Å². The van der Waals surface area contributed by atoms with Crippen LogP contribution in [0, 0.1) is 34.5 Å². The van der Waals surface area contributed by atoms with Crippen LogP contribution >= 0.6 is 0 Å². The minimum absolute atomic E-state index is 0.00588. The second-order valence-corrected chi connectivity index (χ2v) is 10.6. The minimum atomic E-state index is 0.00588. The molecule has 4 saturated carbocycles. The van der Waals surface area contributed by atoms with Crippen LogP contribution in [0.15, 0.2) is 5.16 Å². The zero-order valence-electron chi connectivity index (χ0n) is 17.8. The van der Waals surface area contributed by atoms with Gasteiger partial charge in [0.15, 0.2) is 0 Å². The molecule has 0 amide bonds. The molecule has 27 heavy (non-hydrogen) atoms. The molecule has 4 fully saturated rings. The van der Waals surface area contributed by atoms with Gasteiger partial charge in [0, 0.05) is 18.4 Å². The van der Waals surface area contributed by atoms with Crippen LogP contribution in [-0.2, 0) is 9.63 Å². The monoisotopic (exact) mass is 374 g/mol. The van der Waals surface area contributed by atoms with E-state index in [0.717, 1.165) is 56.4 Å². The van der Waals surface area contributed by atoms with Crippen LogP contribution in [0.5, 0.6) is 0 Å². The lowest BCUT2D eigenvalue weighted by Crippen LogP contribution is -2.53. The van der Waals surface area contributed by atoms with Crippen LogP contribution in [0.2, 0.25) is 0 Å². The van der Waals surface area contributed by atoms with Crippen molar-refractivity contribution in [2.45, 2.75) is 71.6 Å². The maximum absolute atomic E-state index is 12.5. The van der Waals surface area contributed by atoms with E-state index in [0.29, 0.717) is 23.7 Å². The maximum atomic E-state index is 12.5. The highest BCUT2D eigenvalue weighted by molar-refractivity contribution is 5.87. The number of carbonyl (C=O) groups is 1. The van der Waals surface area contributed by atoms with Gasteiger partial charge in [0.25, 0.3) is 0 Å². The molecule has 152 valence electrons. The first kappa shape index (κ1) is 19.4. The van der Waals surface area contributed by atoms with Crippen LogP contribution in [-0.4, -0.2) is 43.6 Å². The summed E-state index contributed by atoms with van der Waals surface area (Å²) in [5, 5.41) is 4.50. The van der Waals surface area contributed by atoms with Gasteiger partial charge in [-0.3, -0.25) is 4.79 Å². The molecule has 4 unspecified atom stereocenters. The van der Waals surface area contributed by atoms with E-state index < -0.39 is 0 Å². The number of likely N-dealkylation sites (N-methyl/N-ethyl adjacent to an activating group) is 1. The Morgan fingerprint density at radius 1 is 1.07 bits per heavy atom. The summed E-state index contributed by atoms with van der Waals surface area (Å²) >= 11 is 0. The topological polar surface area (TPSA) is 41.9 Å². The highest BCUT2D eigenvalue weighted by Gasteiger charge is 2.60. The molecular weight excluding hydrogens is 336 g/mol. The fraction of sp³-hybridized carbons (Fsp3) is 0.913. The third-order valence-corrected chi connectivity index (χ3v) is 9.03. The fourth-order valence-corrected chi connectivity index (χ4v) is 7.27. The van der Waals surface area contributed by atoms with Crippen molar-refractivity contribution in [2.75, 3.05) is 27.2 Å². The lowest BCUT2D eigenvalue weighted by molar-refractivity contribution is -0.137. The molecular formula is C23H38N2O2. The first-order valence-corrected chi connectivity index (χ1v) is 11.2. The number of hydrogen-bond acceptors (Lipinski definition) is 4. The van der Waals surface area contributed by atoms with Crippen molar-refractivity contribution in [1.82, 2.24) is 4.90 Å². The molecule has 0 aromatic carbocycles. The summed E-state index contributed by atoms with van der Waals surface area (Å²) in [6.45, 7) is 6.45. The molecule has 4 rings (SSSR count). The molecule has 4 aliphatic carbocycles. The Bertz CT molecular complexity index is 615. The number of fused-ring (bicyclic) bond motifs is 5. The molecule has 0 spiro atoms. The summed E-state index contributed by atoms with van der Waals surface area (Å²) in [4.78, 5) is 20.3.